The van der Waals surface area contributed by atoms with Gasteiger partial charge in [-0.2, -0.15) is 10.5 Å². The minimum atomic E-state index is -0.760. The highest BCUT2D eigenvalue weighted by Gasteiger charge is 2.35. The number of hydrogen-bond acceptors (Lipinski definition) is 6. The van der Waals surface area contributed by atoms with E-state index < -0.39 is 11.6 Å². The Kier molecular flexibility index (Phi) is 9.61. The highest BCUT2D eigenvalue weighted by atomic mass is 19.1. The van der Waals surface area contributed by atoms with Gasteiger partial charge in [-0.05, 0) is 75.6 Å². The van der Waals surface area contributed by atoms with E-state index in [0.717, 1.165) is 47.6 Å². The number of nitrogens with zero attached hydrogens (tertiary/aromatic N) is 6. The van der Waals surface area contributed by atoms with Gasteiger partial charge in [-0.25, -0.2) is 8.78 Å². The topological polar surface area (TPSA) is 77.6 Å². The Morgan fingerprint density at radius 2 is 1.75 bits per heavy atom. The molecule has 2 heterocycles. The van der Waals surface area contributed by atoms with Crippen molar-refractivity contribution in [3.05, 3.63) is 100 Å². The van der Waals surface area contributed by atoms with Crippen LogP contribution in [0.25, 0.3) is 0 Å². The molecule has 230 valence electrons. The van der Waals surface area contributed by atoms with Crippen molar-refractivity contribution in [3.63, 3.8) is 0 Å². The van der Waals surface area contributed by atoms with Crippen LogP contribution in [0.1, 0.15) is 53.4 Å². The first-order valence-corrected chi connectivity index (χ1v) is 14.8. The van der Waals surface area contributed by atoms with Crippen molar-refractivity contribution in [2.75, 3.05) is 44.2 Å². The van der Waals surface area contributed by atoms with Gasteiger partial charge in [-0.3, -0.25) is 9.69 Å². The summed E-state index contributed by atoms with van der Waals surface area (Å²) < 4.78 is 29.0. The summed E-state index contributed by atoms with van der Waals surface area (Å²) in [6.45, 7) is 21.9. The van der Waals surface area contributed by atoms with E-state index in [-0.39, 0.29) is 28.7 Å². The second-order valence-corrected chi connectivity index (χ2v) is 12.3. The second kappa shape index (κ2) is 13.0. The zero-order valence-electron chi connectivity index (χ0n) is 26.3. The second-order valence-electron chi connectivity index (χ2n) is 12.3. The van der Waals surface area contributed by atoms with Crippen molar-refractivity contribution in [3.8, 4) is 12.1 Å². The van der Waals surface area contributed by atoms with Crippen LogP contribution in [0.5, 0.6) is 0 Å². The molecule has 0 radical (unpaired) electrons. The molecular formula is C35H40F2N6O. The lowest BCUT2D eigenvalue weighted by Crippen LogP contribution is -2.58. The third-order valence-corrected chi connectivity index (χ3v) is 8.87. The molecule has 2 fully saturated rings. The number of halogens is 2. The minimum absolute atomic E-state index is 0.0827. The Bertz CT molecular complexity index is 1600. The third kappa shape index (κ3) is 6.39. The quantitative estimate of drug-likeness (QED) is 0.294. The van der Waals surface area contributed by atoms with Crippen molar-refractivity contribution in [2.24, 2.45) is 0 Å². The van der Waals surface area contributed by atoms with Crippen molar-refractivity contribution >= 4 is 11.6 Å². The molecule has 2 aromatic rings. The van der Waals surface area contributed by atoms with E-state index >= 15 is 0 Å². The summed E-state index contributed by atoms with van der Waals surface area (Å²) in [5.74, 6) is -1.50. The van der Waals surface area contributed by atoms with Gasteiger partial charge in [0.05, 0.1) is 22.5 Å². The van der Waals surface area contributed by atoms with E-state index in [1.54, 1.807) is 28.0 Å². The summed E-state index contributed by atoms with van der Waals surface area (Å²) in [7, 11) is 0. The van der Waals surface area contributed by atoms with Gasteiger partial charge in [0.2, 0.25) is 0 Å². The fourth-order valence-corrected chi connectivity index (χ4v) is 6.31. The summed E-state index contributed by atoms with van der Waals surface area (Å²) >= 11 is 0. The molecule has 1 atom stereocenters. The van der Waals surface area contributed by atoms with Crippen LogP contribution < -0.4 is 4.90 Å². The van der Waals surface area contributed by atoms with E-state index in [4.69, 9.17) is 5.26 Å². The maximum atomic E-state index is 14.7. The molecule has 0 aliphatic carbocycles. The van der Waals surface area contributed by atoms with E-state index in [0.29, 0.717) is 43.9 Å². The van der Waals surface area contributed by atoms with E-state index in [9.17, 15) is 18.8 Å². The number of aryl methyl sites for hydroxylation is 2. The summed E-state index contributed by atoms with van der Waals surface area (Å²) in [5, 5.41) is 18.5. The molecule has 0 bridgehead atoms. The first kappa shape index (κ1) is 32.4. The maximum Gasteiger partial charge on any atom is 0.254 e. The van der Waals surface area contributed by atoms with Crippen LogP contribution in [-0.4, -0.2) is 71.5 Å². The van der Waals surface area contributed by atoms with Gasteiger partial charge in [0.1, 0.15) is 23.8 Å². The lowest BCUT2D eigenvalue weighted by atomic mass is 9.94. The molecule has 2 aromatic carbocycles. The van der Waals surface area contributed by atoms with E-state index in [1.807, 2.05) is 19.9 Å². The van der Waals surface area contributed by atoms with E-state index in [2.05, 4.69) is 55.9 Å². The van der Waals surface area contributed by atoms with E-state index in [1.165, 1.54) is 0 Å². The first-order chi connectivity index (χ1) is 20.8. The minimum Gasteiger partial charge on any atom is -0.367 e. The number of allylic oxidation sites excluding steroid dienone is 3. The number of amides is 1. The van der Waals surface area contributed by atoms with Crippen LogP contribution in [0.2, 0.25) is 0 Å². The Labute approximate surface area is 259 Å². The molecule has 2 aliphatic heterocycles. The number of anilines is 1. The highest BCUT2D eigenvalue weighted by Crippen LogP contribution is 2.30. The number of rotatable bonds is 7. The molecule has 44 heavy (non-hydrogen) atoms. The Morgan fingerprint density at radius 1 is 1.02 bits per heavy atom. The molecule has 1 amide bonds. The smallest absolute Gasteiger partial charge is 0.254 e. The number of nitriles is 2. The van der Waals surface area contributed by atoms with Gasteiger partial charge in [-0.15, -0.1) is 0 Å². The number of carbonyl (C=O) groups excluding carboxylic acids is 1. The summed E-state index contributed by atoms with van der Waals surface area (Å²) in [6, 6.07) is 9.68. The molecular weight excluding hydrogens is 558 g/mol. The van der Waals surface area contributed by atoms with Crippen molar-refractivity contribution in [1.82, 2.24) is 14.7 Å². The molecule has 2 saturated heterocycles. The molecule has 7 nitrogen and oxygen atoms in total. The molecule has 4 rings (SSSR count). The van der Waals surface area contributed by atoms with Gasteiger partial charge in [0.25, 0.3) is 5.91 Å². The molecule has 0 spiro atoms. The SMILES string of the molecule is C=C/C(C#N)=C(\C=C)N1CCN(Cc2cc(C(=O)N3CCN(c4cc(F)c(C#N)cc4F)CC3C)c(C)cc2C)C(C)(C)C1. The van der Waals surface area contributed by atoms with Crippen LogP contribution in [0.4, 0.5) is 14.5 Å². The van der Waals surface area contributed by atoms with Gasteiger partial charge in [0, 0.05) is 69.0 Å². The molecule has 2 aliphatic rings. The van der Waals surface area contributed by atoms with Gasteiger partial charge in [-0.1, -0.05) is 19.2 Å². The van der Waals surface area contributed by atoms with Gasteiger partial charge >= 0.3 is 0 Å². The predicted octanol–water partition coefficient (Wildman–Crippen LogP) is 5.85. The predicted molar refractivity (Wildman–Crippen MR) is 169 cm³/mol. The largest absolute Gasteiger partial charge is 0.367 e. The third-order valence-electron chi connectivity index (χ3n) is 8.87. The lowest BCUT2D eigenvalue weighted by molar-refractivity contribution is 0.0299. The average Bonchev–Trinajstić information content (AvgIpc) is 2.98. The monoisotopic (exact) mass is 598 g/mol. The van der Waals surface area contributed by atoms with Crippen molar-refractivity contribution in [2.45, 2.75) is 52.7 Å². The van der Waals surface area contributed by atoms with Crippen LogP contribution in [0.3, 0.4) is 0 Å². The number of benzene rings is 2. The van der Waals surface area contributed by atoms with Crippen LogP contribution in [-0.2, 0) is 6.54 Å². The summed E-state index contributed by atoms with van der Waals surface area (Å²) in [5.41, 5.74) is 4.56. The molecule has 0 N–H and O–H groups in total. The Hall–Kier alpha value is -4.47. The zero-order valence-corrected chi connectivity index (χ0v) is 26.3. The zero-order chi connectivity index (χ0) is 32.3. The standard InChI is InChI=1S/C35H40F2N6O/c1-8-26(18-38)32(9-2)41-10-12-42(35(6,7)22-41)21-28-15-29(24(4)14-23(28)3)34(44)43-13-11-40(20-25(43)5)33-17-30(36)27(19-39)16-31(33)37/h8-9,14-17,25H,1-2,10-13,20-22H2,3-7H3/b32-26-. The van der Waals surface area contributed by atoms with Crippen molar-refractivity contribution < 1.29 is 13.6 Å². The Balaban J connectivity index is 1.51. The lowest BCUT2D eigenvalue weighted by Gasteiger charge is -2.48. The fraction of sp³-hybridized carbons (Fsp3) is 0.400. The normalized spacial score (nSPS) is 19.1. The fourth-order valence-electron chi connectivity index (χ4n) is 6.31. The van der Waals surface area contributed by atoms with Crippen LogP contribution >= 0.6 is 0 Å². The number of hydrogen-bond donors (Lipinski definition) is 0. The Morgan fingerprint density at radius 3 is 2.34 bits per heavy atom. The van der Waals surface area contributed by atoms with Crippen molar-refractivity contribution in [1.29, 1.82) is 10.5 Å². The van der Waals surface area contributed by atoms with Crippen LogP contribution in [0.15, 0.2) is 60.8 Å². The number of piperazine rings is 2. The number of carbonyl (C=O) groups is 1. The highest BCUT2D eigenvalue weighted by molar-refractivity contribution is 5.96. The maximum absolute atomic E-state index is 14.7. The van der Waals surface area contributed by atoms with Crippen LogP contribution in [0, 0.1) is 48.1 Å². The molecule has 1 unspecified atom stereocenters. The molecule has 0 aromatic heterocycles. The summed E-state index contributed by atoms with van der Waals surface area (Å²) in [6.07, 6.45) is 3.28. The molecule has 0 saturated carbocycles. The summed E-state index contributed by atoms with van der Waals surface area (Å²) in [4.78, 5) is 22.0. The van der Waals surface area contributed by atoms with Gasteiger partial charge in [0.15, 0.2) is 0 Å². The average molecular weight is 599 g/mol. The van der Waals surface area contributed by atoms with Gasteiger partial charge < -0.3 is 14.7 Å². The molecule has 9 heteroatoms. The first-order valence-electron chi connectivity index (χ1n) is 14.8.